The minimum Gasteiger partial charge on any atom is -0.359 e. The molecule has 2 aromatic heterocycles. The lowest BCUT2D eigenvalue weighted by Gasteiger charge is -2.17. The second-order valence-corrected chi connectivity index (χ2v) is 3.68. The fourth-order valence-corrected chi connectivity index (χ4v) is 1.52. The van der Waals surface area contributed by atoms with Crippen molar-refractivity contribution < 1.29 is 0 Å². The summed E-state index contributed by atoms with van der Waals surface area (Å²) >= 11 is 0. The molecule has 0 spiro atoms. The molecular formula is C13H15N3. The normalized spacial score (nSPS) is 10.1. The molecule has 0 aromatic carbocycles. The van der Waals surface area contributed by atoms with Gasteiger partial charge in [0.1, 0.15) is 5.82 Å². The van der Waals surface area contributed by atoms with E-state index in [0.717, 1.165) is 24.5 Å². The third-order valence-corrected chi connectivity index (χ3v) is 2.47. The van der Waals surface area contributed by atoms with E-state index in [1.54, 1.807) is 0 Å². The number of pyridine rings is 2. The number of hydrogen-bond donors (Lipinski definition) is 0. The van der Waals surface area contributed by atoms with Gasteiger partial charge < -0.3 is 4.90 Å². The predicted molar refractivity (Wildman–Crippen MR) is 65.4 cm³/mol. The summed E-state index contributed by atoms with van der Waals surface area (Å²) in [5.41, 5.74) is 1.12. The molecule has 82 valence electrons. The molecule has 2 heterocycles. The molecular weight excluding hydrogens is 198 g/mol. The predicted octanol–water partition coefficient (Wildman–Crippen LogP) is 2.16. The number of aromatic nitrogens is 2. The van der Waals surface area contributed by atoms with Crippen LogP contribution in [0.2, 0.25) is 0 Å². The van der Waals surface area contributed by atoms with Crippen LogP contribution in [0.5, 0.6) is 0 Å². The minimum absolute atomic E-state index is 0.925. The molecule has 0 saturated carbocycles. The number of anilines is 1. The summed E-state index contributed by atoms with van der Waals surface area (Å²) in [4.78, 5) is 10.7. The average molecular weight is 213 g/mol. The zero-order valence-electron chi connectivity index (χ0n) is 9.37. The summed E-state index contributed by atoms with van der Waals surface area (Å²) in [5, 5.41) is 0. The zero-order valence-corrected chi connectivity index (χ0v) is 9.37. The summed E-state index contributed by atoms with van der Waals surface area (Å²) < 4.78 is 0. The van der Waals surface area contributed by atoms with Crippen LogP contribution in [0.25, 0.3) is 0 Å². The molecule has 0 aliphatic heterocycles. The van der Waals surface area contributed by atoms with Gasteiger partial charge in [0, 0.05) is 38.1 Å². The molecule has 0 aliphatic carbocycles. The highest BCUT2D eigenvalue weighted by Gasteiger charge is 2.01. The van der Waals surface area contributed by atoms with Crippen LogP contribution >= 0.6 is 0 Å². The van der Waals surface area contributed by atoms with Crippen LogP contribution in [0.15, 0.2) is 48.8 Å². The summed E-state index contributed by atoms with van der Waals surface area (Å²) in [6, 6.07) is 11.9. The fourth-order valence-electron chi connectivity index (χ4n) is 1.52. The molecule has 0 unspecified atom stereocenters. The van der Waals surface area contributed by atoms with Gasteiger partial charge in [-0.3, -0.25) is 4.98 Å². The molecule has 2 aromatic rings. The van der Waals surface area contributed by atoms with Gasteiger partial charge in [0.15, 0.2) is 0 Å². The second-order valence-electron chi connectivity index (χ2n) is 3.68. The summed E-state index contributed by atoms with van der Waals surface area (Å²) in [6.07, 6.45) is 4.58. The van der Waals surface area contributed by atoms with Gasteiger partial charge in [-0.15, -0.1) is 0 Å². The average Bonchev–Trinajstić information content (AvgIpc) is 2.38. The minimum atomic E-state index is 0.925. The second kappa shape index (κ2) is 5.26. The molecule has 0 amide bonds. The van der Waals surface area contributed by atoms with E-state index in [4.69, 9.17) is 0 Å². The Labute approximate surface area is 95.8 Å². The maximum absolute atomic E-state index is 4.30. The number of rotatable bonds is 4. The van der Waals surface area contributed by atoms with Crippen LogP contribution < -0.4 is 4.90 Å². The summed E-state index contributed by atoms with van der Waals surface area (Å²) in [7, 11) is 2.05. The molecule has 3 nitrogen and oxygen atoms in total. The lowest BCUT2D eigenvalue weighted by molar-refractivity contribution is 0.839. The largest absolute Gasteiger partial charge is 0.359 e. The lowest BCUT2D eigenvalue weighted by Crippen LogP contribution is -2.21. The first-order valence-electron chi connectivity index (χ1n) is 5.38. The van der Waals surface area contributed by atoms with Crippen molar-refractivity contribution in [3.63, 3.8) is 0 Å². The van der Waals surface area contributed by atoms with Crippen LogP contribution in [-0.4, -0.2) is 23.6 Å². The SMILES string of the molecule is CN(CCc1ccccn1)c1ccccn1. The van der Waals surface area contributed by atoms with Gasteiger partial charge in [0.05, 0.1) is 0 Å². The monoisotopic (exact) mass is 213 g/mol. The Morgan fingerprint density at radius 1 is 1.00 bits per heavy atom. The van der Waals surface area contributed by atoms with Crippen molar-refractivity contribution in [2.45, 2.75) is 6.42 Å². The molecule has 0 bridgehead atoms. The van der Waals surface area contributed by atoms with Crippen LogP contribution in [-0.2, 0) is 6.42 Å². The Morgan fingerprint density at radius 2 is 1.75 bits per heavy atom. The summed E-state index contributed by atoms with van der Waals surface area (Å²) in [5.74, 6) is 0.999. The van der Waals surface area contributed by atoms with E-state index in [-0.39, 0.29) is 0 Å². The first-order chi connectivity index (χ1) is 7.86. The van der Waals surface area contributed by atoms with E-state index in [0.29, 0.717) is 0 Å². The maximum atomic E-state index is 4.30. The van der Waals surface area contributed by atoms with Gasteiger partial charge in [-0.2, -0.15) is 0 Å². The van der Waals surface area contributed by atoms with Gasteiger partial charge in [0.25, 0.3) is 0 Å². The third kappa shape index (κ3) is 2.79. The van der Waals surface area contributed by atoms with Crippen LogP contribution in [0.3, 0.4) is 0 Å². The smallest absolute Gasteiger partial charge is 0.128 e. The fraction of sp³-hybridized carbons (Fsp3) is 0.231. The highest BCUT2D eigenvalue weighted by molar-refractivity contribution is 5.36. The van der Waals surface area contributed by atoms with Crippen LogP contribution in [0.1, 0.15) is 5.69 Å². The first-order valence-corrected chi connectivity index (χ1v) is 5.38. The van der Waals surface area contributed by atoms with Crippen molar-refractivity contribution >= 4 is 5.82 Å². The Morgan fingerprint density at radius 3 is 2.38 bits per heavy atom. The molecule has 0 N–H and O–H groups in total. The van der Waals surface area contributed by atoms with Gasteiger partial charge >= 0.3 is 0 Å². The van der Waals surface area contributed by atoms with Crippen molar-refractivity contribution in [3.8, 4) is 0 Å². The van der Waals surface area contributed by atoms with Crippen molar-refractivity contribution in [1.29, 1.82) is 0 Å². The van der Waals surface area contributed by atoms with E-state index >= 15 is 0 Å². The number of nitrogens with zero attached hydrogens (tertiary/aromatic N) is 3. The van der Waals surface area contributed by atoms with E-state index in [1.807, 2.05) is 55.8 Å². The molecule has 0 atom stereocenters. The maximum Gasteiger partial charge on any atom is 0.128 e. The molecule has 2 rings (SSSR count). The molecule has 3 heteroatoms. The highest BCUT2D eigenvalue weighted by Crippen LogP contribution is 2.07. The van der Waals surface area contributed by atoms with E-state index in [2.05, 4.69) is 14.9 Å². The van der Waals surface area contributed by atoms with Gasteiger partial charge in [-0.1, -0.05) is 12.1 Å². The Balaban J connectivity index is 1.92. The van der Waals surface area contributed by atoms with Crippen molar-refractivity contribution in [3.05, 3.63) is 54.5 Å². The van der Waals surface area contributed by atoms with E-state index < -0.39 is 0 Å². The highest BCUT2D eigenvalue weighted by atomic mass is 15.2. The lowest BCUT2D eigenvalue weighted by atomic mass is 10.2. The van der Waals surface area contributed by atoms with E-state index in [9.17, 15) is 0 Å². The molecule has 0 fully saturated rings. The van der Waals surface area contributed by atoms with Gasteiger partial charge in [-0.25, -0.2) is 4.98 Å². The molecule has 16 heavy (non-hydrogen) atoms. The van der Waals surface area contributed by atoms with Gasteiger partial charge in [-0.05, 0) is 24.3 Å². The van der Waals surface area contributed by atoms with Crippen molar-refractivity contribution in [2.75, 3.05) is 18.5 Å². The van der Waals surface area contributed by atoms with Crippen molar-refractivity contribution in [1.82, 2.24) is 9.97 Å². The van der Waals surface area contributed by atoms with Crippen molar-refractivity contribution in [2.24, 2.45) is 0 Å². The molecule has 0 aliphatic rings. The Hall–Kier alpha value is -1.90. The number of likely N-dealkylation sites (N-methyl/N-ethyl adjacent to an activating group) is 1. The Kier molecular flexibility index (Phi) is 3.49. The van der Waals surface area contributed by atoms with E-state index in [1.165, 1.54) is 0 Å². The van der Waals surface area contributed by atoms with Gasteiger partial charge in [0.2, 0.25) is 0 Å². The number of hydrogen-bond acceptors (Lipinski definition) is 3. The zero-order chi connectivity index (χ0) is 11.2. The third-order valence-electron chi connectivity index (χ3n) is 2.47. The first kappa shape index (κ1) is 10.6. The quantitative estimate of drug-likeness (QED) is 0.779. The molecule has 0 saturated heterocycles. The van der Waals surface area contributed by atoms with Crippen LogP contribution in [0.4, 0.5) is 5.82 Å². The standard InChI is InChI=1S/C13H15N3/c1-16(13-7-3-5-10-15-13)11-8-12-6-2-4-9-14-12/h2-7,9-10H,8,11H2,1H3. The molecule has 0 radical (unpaired) electrons. The summed E-state index contributed by atoms with van der Waals surface area (Å²) in [6.45, 7) is 0.925. The van der Waals surface area contributed by atoms with Crippen LogP contribution in [0, 0.1) is 0 Å². The Bertz CT molecular complexity index is 414. The topological polar surface area (TPSA) is 29.0 Å².